The minimum atomic E-state index is -0.399. The molecule has 1 saturated heterocycles. The number of amides is 2. The Hall–Kier alpha value is -0.330. The minimum Gasteiger partial charge on any atom is -0.345 e. The molecule has 0 spiro atoms. The van der Waals surface area contributed by atoms with Gasteiger partial charge in [-0.3, -0.25) is 9.59 Å². The zero-order valence-electron chi connectivity index (χ0n) is 4.48. The number of halogens is 1. The summed E-state index contributed by atoms with van der Waals surface area (Å²) in [6, 6.07) is 0. The van der Waals surface area contributed by atoms with Crippen LogP contribution in [0.25, 0.3) is 0 Å². The van der Waals surface area contributed by atoms with Crippen molar-refractivity contribution in [1.82, 2.24) is 10.6 Å². The molecule has 5 heteroatoms. The van der Waals surface area contributed by atoms with Crippen LogP contribution in [0.3, 0.4) is 0 Å². The van der Waals surface area contributed by atoms with E-state index in [-0.39, 0.29) is 18.4 Å². The summed E-state index contributed by atoms with van der Waals surface area (Å²) in [4.78, 5) is 21.1. The Kier molecular flexibility index (Phi) is 1.89. The number of alkyl halides is 1. The molecule has 0 aromatic heterocycles. The van der Waals surface area contributed by atoms with Crippen molar-refractivity contribution in [2.75, 3.05) is 6.54 Å². The molecular formula is C4H5IN2O2. The molecule has 1 aliphatic rings. The van der Waals surface area contributed by atoms with Crippen LogP contribution >= 0.6 is 22.6 Å². The van der Waals surface area contributed by atoms with Gasteiger partial charge in [0.05, 0.1) is 6.54 Å². The summed E-state index contributed by atoms with van der Waals surface area (Å²) < 4.78 is -0.399. The molecule has 1 unspecified atom stereocenters. The molecule has 9 heavy (non-hydrogen) atoms. The topological polar surface area (TPSA) is 58.2 Å². The summed E-state index contributed by atoms with van der Waals surface area (Å²) in [7, 11) is 0. The van der Waals surface area contributed by atoms with Crippen LogP contribution in [0.2, 0.25) is 0 Å². The maximum Gasteiger partial charge on any atom is 0.253 e. The summed E-state index contributed by atoms with van der Waals surface area (Å²) in [6.07, 6.45) is 0. The van der Waals surface area contributed by atoms with E-state index in [0.717, 1.165) is 0 Å². The van der Waals surface area contributed by atoms with Gasteiger partial charge >= 0.3 is 0 Å². The van der Waals surface area contributed by atoms with Crippen LogP contribution in [0.5, 0.6) is 0 Å². The zero-order valence-corrected chi connectivity index (χ0v) is 6.64. The van der Waals surface area contributed by atoms with Gasteiger partial charge in [0.1, 0.15) is 0 Å². The highest BCUT2D eigenvalue weighted by Crippen LogP contribution is 1.98. The first kappa shape index (κ1) is 6.79. The largest absolute Gasteiger partial charge is 0.345 e. The molecule has 0 aromatic carbocycles. The average Bonchev–Trinajstić information content (AvgIpc) is 1.80. The van der Waals surface area contributed by atoms with E-state index in [0.29, 0.717) is 0 Å². The third-order valence-electron chi connectivity index (χ3n) is 0.941. The van der Waals surface area contributed by atoms with Crippen molar-refractivity contribution in [1.29, 1.82) is 0 Å². The van der Waals surface area contributed by atoms with Gasteiger partial charge in [-0.25, -0.2) is 0 Å². The lowest BCUT2D eigenvalue weighted by molar-refractivity contribution is -0.131. The van der Waals surface area contributed by atoms with Crippen LogP contribution in [0.1, 0.15) is 0 Å². The van der Waals surface area contributed by atoms with Gasteiger partial charge in [0.25, 0.3) is 5.91 Å². The standard InChI is InChI=1S/C4H5IN2O2/c5-3-4(9)6-1-2(8)7-3/h3H,1H2,(H,6,9)(H,7,8). The van der Waals surface area contributed by atoms with Crippen molar-refractivity contribution in [3.8, 4) is 0 Å². The molecule has 1 heterocycles. The number of carbonyl (C=O) groups excluding carboxylic acids is 2. The van der Waals surface area contributed by atoms with E-state index in [1.807, 2.05) is 22.6 Å². The molecule has 1 atom stereocenters. The van der Waals surface area contributed by atoms with Gasteiger partial charge in [0.2, 0.25) is 5.91 Å². The molecule has 0 aliphatic carbocycles. The second-order valence-corrected chi connectivity index (χ2v) is 2.89. The van der Waals surface area contributed by atoms with Crippen molar-refractivity contribution < 1.29 is 9.59 Å². The molecule has 1 rings (SSSR count). The summed E-state index contributed by atoms with van der Waals surface area (Å²) in [6.45, 7) is 0.109. The molecule has 1 aliphatic heterocycles. The number of rotatable bonds is 0. The van der Waals surface area contributed by atoms with Gasteiger partial charge in [-0.1, -0.05) is 0 Å². The van der Waals surface area contributed by atoms with E-state index in [4.69, 9.17) is 0 Å². The third kappa shape index (κ3) is 1.54. The molecule has 1 fully saturated rings. The number of piperazine rings is 1. The molecule has 50 valence electrons. The quantitative estimate of drug-likeness (QED) is 0.324. The van der Waals surface area contributed by atoms with Crippen LogP contribution in [0, 0.1) is 0 Å². The van der Waals surface area contributed by atoms with E-state index < -0.39 is 4.05 Å². The Morgan fingerprint density at radius 1 is 1.56 bits per heavy atom. The fourth-order valence-corrected chi connectivity index (χ4v) is 1.08. The highest BCUT2D eigenvalue weighted by Gasteiger charge is 2.22. The normalized spacial score (nSPS) is 27.0. The van der Waals surface area contributed by atoms with Gasteiger partial charge in [-0.2, -0.15) is 0 Å². The van der Waals surface area contributed by atoms with Crippen molar-refractivity contribution in [3.05, 3.63) is 0 Å². The first-order valence-electron chi connectivity index (χ1n) is 2.41. The van der Waals surface area contributed by atoms with Crippen LogP contribution in [0.4, 0.5) is 0 Å². The Bertz CT molecular complexity index is 159. The van der Waals surface area contributed by atoms with E-state index in [9.17, 15) is 9.59 Å². The van der Waals surface area contributed by atoms with E-state index in [2.05, 4.69) is 10.6 Å². The lowest BCUT2D eigenvalue weighted by atomic mass is 10.4. The fourth-order valence-electron chi connectivity index (χ4n) is 0.515. The highest BCUT2D eigenvalue weighted by molar-refractivity contribution is 14.1. The second kappa shape index (κ2) is 2.51. The van der Waals surface area contributed by atoms with E-state index in [1.54, 1.807) is 0 Å². The van der Waals surface area contributed by atoms with Crippen LogP contribution in [0.15, 0.2) is 0 Å². The Morgan fingerprint density at radius 2 is 2.22 bits per heavy atom. The molecule has 0 bridgehead atoms. The molecule has 4 nitrogen and oxygen atoms in total. The van der Waals surface area contributed by atoms with Crippen molar-refractivity contribution >= 4 is 34.4 Å². The van der Waals surface area contributed by atoms with Gasteiger partial charge in [-0.15, -0.1) is 0 Å². The summed E-state index contributed by atoms with van der Waals surface area (Å²) in [5.74, 6) is -0.260. The number of nitrogens with one attached hydrogen (secondary N) is 2. The molecule has 0 saturated carbocycles. The molecule has 0 radical (unpaired) electrons. The Morgan fingerprint density at radius 3 is 2.67 bits per heavy atom. The Balaban J connectivity index is 2.54. The maximum absolute atomic E-state index is 10.6. The summed E-state index contributed by atoms with van der Waals surface area (Å²) in [5, 5.41) is 4.89. The monoisotopic (exact) mass is 240 g/mol. The van der Waals surface area contributed by atoms with Crippen molar-refractivity contribution in [3.63, 3.8) is 0 Å². The van der Waals surface area contributed by atoms with Gasteiger partial charge in [0.15, 0.2) is 4.05 Å². The van der Waals surface area contributed by atoms with Crippen molar-refractivity contribution in [2.45, 2.75) is 4.05 Å². The summed E-state index contributed by atoms with van der Waals surface area (Å²) in [5.41, 5.74) is 0. The SMILES string of the molecule is O=C1CNC(=O)C(I)N1. The van der Waals surface area contributed by atoms with Gasteiger partial charge in [-0.05, 0) is 22.6 Å². The number of hydrogen-bond donors (Lipinski definition) is 2. The minimum absolute atomic E-state index is 0.109. The smallest absolute Gasteiger partial charge is 0.253 e. The lowest BCUT2D eigenvalue weighted by Gasteiger charge is -2.17. The summed E-state index contributed by atoms with van der Waals surface area (Å²) >= 11 is 1.85. The van der Waals surface area contributed by atoms with Crippen molar-refractivity contribution in [2.24, 2.45) is 0 Å². The second-order valence-electron chi connectivity index (χ2n) is 1.65. The Labute approximate surface area is 65.5 Å². The predicted octanol–water partition coefficient (Wildman–Crippen LogP) is -1.01. The average molecular weight is 240 g/mol. The molecule has 0 aromatic rings. The number of hydrogen-bond acceptors (Lipinski definition) is 2. The first-order chi connectivity index (χ1) is 4.20. The maximum atomic E-state index is 10.6. The van der Waals surface area contributed by atoms with E-state index in [1.165, 1.54) is 0 Å². The fraction of sp³-hybridized carbons (Fsp3) is 0.500. The van der Waals surface area contributed by atoms with Gasteiger partial charge in [0, 0.05) is 0 Å². The molecule has 2 N–H and O–H groups in total. The zero-order chi connectivity index (χ0) is 6.85. The van der Waals surface area contributed by atoms with Gasteiger partial charge < -0.3 is 10.6 Å². The van der Waals surface area contributed by atoms with Crippen LogP contribution < -0.4 is 10.6 Å². The predicted molar refractivity (Wildman–Crippen MR) is 39.0 cm³/mol. The van der Waals surface area contributed by atoms with Crippen LogP contribution in [-0.2, 0) is 9.59 Å². The van der Waals surface area contributed by atoms with E-state index >= 15 is 0 Å². The highest BCUT2D eigenvalue weighted by atomic mass is 127. The lowest BCUT2D eigenvalue weighted by Crippen LogP contribution is -2.53. The molecular weight excluding hydrogens is 235 g/mol. The first-order valence-corrected chi connectivity index (χ1v) is 3.66. The third-order valence-corrected chi connectivity index (χ3v) is 1.82. The van der Waals surface area contributed by atoms with Crippen LogP contribution in [-0.4, -0.2) is 22.4 Å². The molecule has 2 amide bonds. The number of carbonyl (C=O) groups is 2.